The number of aromatic nitrogens is 2. The van der Waals surface area contributed by atoms with Crippen molar-refractivity contribution in [1.29, 1.82) is 0 Å². The highest BCUT2D eigenvalue weighted by Crippen LogP contribution is 2.32. The van der Waals surface area contributed by atoms with Gasteiger partial charge in [0.15, 0.2) is 5.82 Å². The monoisotopic (exact) mass is 369 g/mol. The highest BCUT2D eigenvalue weighted by molar-refractivity contribution is 5.79. The van der Waals surface area contributed by atoms with Gasteiger partial charge in [0.1, 0.15) is 5.75 Å². The summed E-state index contributed by atoms with van der Waals surface area (Å²) in [4.78, 5) is 19.1. The molecule has 1 aliphatic carbocycles. The summed E-state index contributed by atoms with van der Waals surface area (Å²) in [7, 11) is 1.68. The average Bonchev–Trinajstić information content (AvgIpc) is 3.34. The molecule has 2 fully saturated rings. The van der Waals surface area contributed by atoms with E-state index >= 15 is 0 Å². The molecule has 1 aromatic heterocycles. The van der Waals surface area contributed by atoms with Gasteiger partial charge in [-0.3, -0.25) is 4.79 Å². The van der Waals surface area contributed by atoms with E-state index in [1.165, 1.54) is 19.3 Å². The van der Waals surface area contributed by atoms with Gasteiger partial charge in [0, 0.05) is 31.3 Å². The van der Waals surface area contributed by atoms with Gasteiger partial charge in [-0.25, -0.2) is 0 Å². The number of para-hydroxylation sites is 1. The Morgan fingerprint density at radius 3 is 2.81 bits per heavy atom. The van der Waals surface area contributed by atoms with Crippen LogP contribution in [-0.2, 0) is 17.6 Å². The second kappa shape index (κ2) is 8.11. The molecule has 2 aromatic rings. The molecule has 144 valence electrons. The number of likely N-dealkylation sites (tertiary alicyclic amines) is 1. The topological polar surface area (TPSA) is 68.5 Å². The fraction of sp³-hybridized carbons (Fsp3) is 0.571. The van der Waals surface area contributed by atoms with Crippen molar-refractivity contribution >= 4 is 5.91 Å². The second-order valence-corrected chi connectivity index (χ2v) is 7.60. The maximum atomic E-state index is 12.5. The van der Waals surface area contributed by atoms with Crippen molar-refractivity contribution < 1.29 is 14.1 Å². The zero-order valence-corrected chi connectivity index (χ0v) is 15.9. The van der Waals surface area contributed by atoms with E-state index in [-0.39, 0.29) is 11.8 Å². The van der Waals surface area contributed by atoms with Crippen LogP contribution in [0.3, 0.4) is 0 Å². The number of benzene rings is 1. The van der Waals surface area contributed by atoms with Crippen molar-refractivity contribution in [3.8, 4) is 5.75 Å². The maximum Gasteiger partial charge on any atom is 0.226 e. The number of rotatable bonds is 6. The molecule has 0 spiro atoms. The van der Waals surface area contributed by atoms with Crippen LogP contribution in [0, 0.1) is 0 Å². The minimum absolute atomic E-state index is 0.0585. The Balaban J connectivity index is 1.37. The first-order chi connectivity index (χ1) is 13.2. The number of amides is 1. The Kier molecular flexibility index (Phi) is 5.41. The van der Waals surface area contributed by atoms with E-state index in [9.17, 15) is 4.79 Å². The molecular weight excluding hydrogens is 342 g/mol. The SMILES string of the molecule is COc1ccccc1CCc1nc([C@@H]2CC(=O)N(C3CCCCC3)C2)no1. The number of aryl methyl sites for hydroxylation is 2. The molecule has 4 rings (SSSR count). The Labute approximate surface area is 159 Å². The average molecular weight is 369 g/mol. The molecule has 0 bridgehead atoms. The molecule has 1 saturated carbocycles. The van der Waals surface area contributed by atoms with Crippen molar-refractivity contribution in [2.45, 2.75) is 63.3 Å². The van der Waals surface area contributed by atoms with Crippen molar-refractivity contribution in [3.05, 3.63) is 41.5 Å². The van der Waals surface area contributed by atoms with Gasteiger partial charge < -0.3 is 14.2 Å². The third-order valence-corrected chi connectivity index (χ3v) is 5.82. The lowest BCUT2D eigenvalue weighted by molar-refractivity contribution is -0.130. The van der Waals surface area contributed by atoms with Crippen molar-refractivity contribution in [3.63, 3.8) is 0 Å². The Morgan fingerprint density at radius 1 is 1.19 bits per heavy atom. The molecule has 1 atom stereocenters. The number of nitrogens with zero attached hydrogens (tertiary/aromatic N) is 3. The number of carbonyl (C=O) groups is 1. The van der Waals surface area contributed by atoms with Crippen LogP contribution in [0.5, 0.6) is 5.75 Å². The van der Waals surface area contributed by atoms with Crippen LogP contribution >= 0.6 is 0 Å². The van der Waals surface area contributed by atoms with Crippen LogP contribution in [0.2, 0.25) is 0 Å². The molecular formula is C21H27N3O3. The Morgan fingerprint density at radius 2 is 2.00 bits per heavy atom. The van der Waals surface area contributed by atoms with Crippen LogP contribution in [0.25, 0.3) is 0 Å². The smallest absolute Gasteiger partial charge is 0.226 e. The normalized spacial score (nSPS) is 21.0. The van der Waals surface area contributed by atoms with Gasteiger partial charge in [-0.05, 0) is 30.9 Å². The number of carbonyl (C=O) groups excluding carboxylic acids is 1. The lowest BCUT2D eigenvalue weighted by atomic mass is 9.94. The molecule has 1 aliphatic heterocycles. The maximum absolute atomic E-state index is 12.5. The fourth-order valence-electron chi connectivity index (χ4n) is 4.34. The van der Waals surface area contributed by atoms with Gasteiger partial charge in [0.05, 0.1) is 7.11 Å². The van der Waals surface area contributed by atoms with Gasteiger partial charge in [0.2, 0.25) is 11.8 Å². The van der Waals surface area contributed by atoms with E-state index in [1.54, 1.807) is 7.11 Å². The van der Waals surface area contributed by atoms with Crippen molar-refractivity contribution in [1.82, 2.24) is 15.0 Å². The van der Waals surface area contributed by atoms with Crippen LogP contribution in [0.1, 0.15) is 61.7 Å². The van der Waals surface area contributed by atoms with E-state index in [2.05, 4.69) is 15.0 Å². The van der Waals surface area contributed by atoms with Gasteiger partial charge in [0.25, 0.3) is 0 Å². The van der Waals surface area contributed by atoms with Gasteiger partial charge in [-0.15, -0.1) is 0 Å². The van der Waals surface area contributed by atoms with E-state index in [0.717, 1.165) is 37.1 Å². The molecule has 2 heterocycles. The van der Waals surface area contributed by atoms with Gasteiger partial charge in [-0.2, -0.15) is 4.98 Å². The summed E-state index contributed by atoms with van der Waals surface area (Å²) in [6, 6.07) is 8.38. The zero-order valence-electron chi connectivity index (χ0n) is 15.9. The Hall–Kier alpha value is -2.37. The third-order valence-electron chi connectivity index (χ3n) is 5.82. The van der Waals surface area contributed by atoms with Gasteiger partial charge in [-0.1, -0.05) is 42.6 Å². The van der Waals surface area contributed by atoms with E-state index in [1.807, 2.05) is 24.3 Å². The first-order valence-electron chi connectivity index (χ1n) is 9.98. The highest BCUT2D eigenvalue weighted by Gasteiger charge is 2.37. The molecule has 0 unspecified atom stereocenters. The first-order valence-corrected chi connectivity index (χ1v) is 9.98. The Bertz CT molecular complexity index is 782. The van der Waals surface area contributed by atoms with E-state index in [4.69, 9.17) is 9.26 Å². The van der Waals surface area contributed by atoms with Crippen LogP contribution in [0.4, 0.5) is 0 Å². The largest absolute Gasteiger partial charge is 0.496 e. The van der Waals surface area contributed by atoms with Gasteiger partial charge >= 0.3 is 0 Å². The quantitative estimate of drug-likeness (QED) is 0.779. The minimum atomic E-state index is 0.0585. The fourth-order valence-corrected chi connectivity index (χ4v) is 4.34. The molecule has 0 radical (unpaired) electrons. The lowest BCUT2D eigenvalue weighted by Crippen LogP contribution is -2.37. The van der Waals surface area contributed by atoms with Crippen LogP contribution in [0.15, 0.2) is 28.8 Å². The third kappa shape index (κ3) is 3.99. The number of ether oxygens (including phenoxy) is 1. The zero-order chi connectivity index (χ0) is 18.6. The molecule has 1 saturated heterocycles. The highest BCUT2D eigenvalue weighted by atomic mass is 16.5. The summed E-state index contributed by atoms with van der Waals surface area (Å²) >= 11 is 0. The van der Waals surface area contributed by atoms with Crippen molar-refractivity contribution in [2.75, 3.05) is 13.7 Å². The first kappa shape index (κ1) is 18.0. The van der Waals surface area contributed by atoms with Crippen molar-refractivity contribution in [2.24, 2.45) is 0 Å². The lowest BCUT2D eigenvalue weighted by Gasteiger charge is -2.31. The predicted octanol–water partition coefficient (Wildman–Crippen LogP) is 3.51. The molecule has 1 amide bonds. The summed E-state index contributed by atoms with van der Waals surface area (Å²) in [5, 5.41) is 4.17. The minimum Gasteiger partial charge on any atom is -0.496 e. The molecule has 2 aliphatic rings. The number of hydrogen-bond donors (Lipinski definition) is 0. The number of methoxy groups -OCH3 is 1. The summed E-state index contributed by atoms with van der Waals surface area (Å²) in [6.45, 7) is 0.731. The van der Waals surface area contributed by atoms with Crippen LogP contribution < -0.4 is 4.74 Å². The molecule has 0 N–H and O–H groups in total. The standard InChI is InChI=1S/C21H27N3O3/c1-26-18-10-6-5-7-15(18)11-12-19-22-21(23-27-19)16-13-20(25)24(14-16)17-8-3-2-4-9-17/h5-7,10,16-17H,2-4,8-9,11-14H2,1H3/t16-/m1/s1. The summed E-state index contributed by atoms with van der Waals surface area (Å²) in [6.07, 6.45) is 7.97. The molecule has 1 aromatic carbocycles. The predicted molar refractivity (Wildman–Crippen MR) is 101 cm³/mol. The van der Waals surface area contributed by atoms with E-state index in [0.29, 0.717) is 30.6 Å². The van der Waals surface area contributed by atoms with E-state index < -0.39 is 0 Å². The summed E-state index contributed by atoms with van der Waals surface area (Å²) < 4.78 is 10.8. The summed E-state index contributed by atoms with van der Waals surface area (Å²) in [5.41, 5.74) is 1.12. The summed E-state index contributed by atoms with van der Waals surface area (Å²) in [5.74, 6) is 2.48. The second-order valence-electron chi connectivity index (χ2n) is 7.60. The molecule has 6 nitrogen and oxygen atoms in total. The molecule has 6 heteroatoms. The van der Waals surface area contributed by atoms with Crippen LogP contribution in [-0.4, -0.2) is 40.6 Å². The molecule has 27 heavy (non-hydrogen) atoms. The number of hydrogen-bond acceptors (Lipinski definition) is 5.